The highest BCUT2D eigenvalue weighted by atomic mass is 35.5. The van der Waals surface area contributed by atoms with Crippen LogP contribution in [0.25, 0.3) is 0 Å². The van der Waals surface area contributed by atoms with E-state index in [9.17, 15) is 0 Å². The molecule has 0 unspecified atom stereocenters. The molecule has 0 aliphatic heterocycles. The van der Waals surface area contributed by atoms with E-state index in [1.165, 1.54) is 5.56 Å². The van der Waals surface area contributed by atoms with Gasteiger partial charge in [0.2, 0.25) is 0 Å². The Kier molecular flexibility index (Phi) is 3.59. The molecule has 0 aliphatic rings. The molecule has 96 valence electrons. The maximum atomic E-state index is 5.88. The first-order valence-electron chi connectivity index (χ1n) is 5.79. The van der Waals surface area contributed by atoms with E-state index in [4.69, 9.17) is 23.8 Å². The van der Waals surface area contributed by atoms with Gasteiger partial charge in [0.1, 0.15) is 5.82 Å². The fourth-order valence-corrected chi connectivity index (χ4v) is 2.48. The highest BCUT2D eigenvalue weighted by Crippen LogP contribution is 2.19. The van der Waals surface area contributed by atoms with E-state index in [1.54, 1.807) is 0 Å². The lowest BCUT2D eigenvalue weighted by Gasteiger charge is -2.22. The van der Waals surface area contributed by atoms with Gasteiger partial charge in [-0.1, -0.05) is 23.7 Å². The molecule has 1 aromatic heterocycles. The molecule has 0 radical (unpaired) electrons. The highest BCUT2D eigenvalue weighted by Gasteiger charge is 2.19. The third kappa shape index (κ3) is 2.82. The fourth-order valence-electron chi connectivity index (χ4n) is 1.92. The first-order chi connectivity index (χ1) is 8.38. The number of aromatic amines is 1. The van der Waals surface area contributed by atoms with E-state index in [1.807, 2.05) is 24.3 Å². The molecule has 0 spiro atoms. The van der Waals surface area contributed by atoms with E-state index in [2.05, 4.69) is 35.5 Å². The van der Waals surface area contributed by atoms with E-state index in [0.717, 1.165) is 17.3 Å². The molecule has 0 saturated carbocycles. The van der Waals surface area contributed by atoms with Crippen LogP contribution in [0.2, 0.25) is 5.02 Å². The van der Waals surface area contributed by atoms with Crippen molar-refractivity contribution in [3.05, 3.63) is 45.4 Å². The third-order valence-corrected chi connectivity index (χ3v) is 3.21. The van der Waals surface area contributed by atoms with Gasteiger partial charge in [-0.15, -0.1) is 0 Å². The quantitative estimate of drug-likeness (QED) is 0.846. The minimum atomic E-state index is -0.0775. The van der Waals surface area contributed by atoms with Gasteiger partial charge in [0.05, 0.1) is 0 Å². The van der Waals surface area contributed by atoms with Crippen LogP contribution in [-0.4, -0.2) is 14.8 Å². The summed E-state index contributed by atoms with van der Waals surface area (Å²) in [5.74, 6) is 0.940. The number of hydrogen-bond donors (Lipinski definition) is 1. The first kappa shape index (κ1) is 13.3. The second-order valence-corrected chi connectivity index (χ2v) is 6.08. The summed E-state index contributed by atoms with van der Waals surface area (Å²) in [6, 6.07) is 7.79. The minimum absolute atomic E-state index is 0.0775. The monoisotopic (exact) mass is 281 g/mol. The Bertz CT molecular complexity index is 590. The van der Waals surface area contributed by atoms with E-state index in [-0.39, 0.29) is 5.54 Å². The van der Waals surface area contributed by atoms with Gasteiger partial charge in [-0.05, 0) is 50.7 Å². The van der Waals surface area contributed by atoms with Crippen LogP contribution in [0.4, 0.5) is 0 Å². The SMILES string of the molecule is CC(C)(C)n1c(Cc2ccc(Cl)cc2)n[nH]c1=S. The van der Waals surface area contributed by atoms with Crippen LogP contribution in [0.15, 0.2) is 24.3 Å². The van der Waals surface area contributed by atoms with Crippen LogP contribution in [0.5, 0.6) is 0 Å². The lowest BCUT2D eigenvalue weighted by molar-refractivity contribution is 0.380. The maximum Gasteiger partial charge on any atom is 0.195 e. The Balaban J connectivity index is 2.36. The number of nitrogens with one attached hydrogen (secondary N) is 1. The molecule has 0 amide bonds. The molecule has 0 atom stereocenters. The maximum absolute atomic E-state index is 5.88. The lowest BCUT2D eigenvalue weighted by atomic mass is 10.1. The summed E-state index contributed by atoms with van der Waals surface area (Å²) in [4.78, 5) is 0. The largest absolute Gasteiger partial charge is 0.298 e. The van der Waals surface area contributed by atoms with Gasteiger partial charge in [-0.25, -0.2) is 0 Å². The number of aromatic nitrogens is 3. The van der Waals surface area contributed by atoms with Crippen molar-refractivity contribution in [1.29, 1.82) is 0 Å². The fraction of sp³-hybridized carbons (Fsp3) is 0.385. The number of halogens is 1. The zero-order valence-corrected chi connectivity index (χ0v) is 12.3. The normalized spacial score (nSPS) is 11.8. The van der Waals surface area contributed by atoms with Crippen molar-refractivity contribution in [3.8, 4) is 0 Å². The second-order valence-electron chi connectivity index (χ2n) is 5.25. The molecule has 1 heterocycles. The topological polar surface area (TPSA) is 33.6 Å². The van der Waals surface area contributed by atoms with Crippen LogP contribution in [0, 0.1) is 4.77 Å². The summed E-state index contributed by atoms with van der Waals surface area (Å²) in [5, 5.41) is 7.92. The predicted octanol–water partition coefficient (Wildman–Crippen LogP) is 3.94. The molecule has 0 bridgehead atoms. The molecule has 5 heteroatoms. The van der Waals surface area contributed by atoms with Gasteiger partial charge in [-0.3, -0.25) is 9.67 Å². The summed E-state index contributed by atoms with van der Waals surface area (Å²) in [6.07, 6.45) is 0.738. The highest BCUT2D eigenvalue weighted by molar-refractivity contribution is 7.71. The smallest absolute Gasteiger partial charge is 0.195 e. The molecule has 18 heavy (non-hydrogen) atoms. The Morgan fingerprint density at radius 1 is 1.28 bits per heavy atom. The molecule has 3 nitrogen and oxygen atoms in total. The summed E-state index contributed by atoms with van der Waals surface area (Å²) < 4.78 is 2.71. The van der Waals surface area contributed by atoms with Crippen molar-refractivity contribution >= 4 is 23.8 Å². The van der Waals surface area contributed by atoms with Crippen LogP contribution >= 0.6 is 23.8 Å². The van der Waals surface area contributed by atoms with Crippen LogP contribution in [-0.2, 0) is 12.0 Å². The molecule has 1 N–H and O–H groups in total. The number of nitrogens with zero attached hydrogens (tertiary/aromatic N) is 2. The molecular weight excluding hydrogens is 266 g/mol. The van der Waals surface area contributed by atoms with E-state index < -0.39 is 0 Å². The van der Waals surface area contributed by atoms with Gasteiger partial charge in [-0.2, -0.15) is 5.10 Å². The van der Waals surface area contributed by atoms with Gasteiger partial charge < -0.3 is 0 Å². The van der Waals surface area contributed by atoms with Crippen LogP contribution in [0.1, 0.15) is 32.2 Å². The minimum Gasteiger partial charge on any atom is -0.298 e. The van der Waals surface area contributed by atoms with Crippen LogP contribution in [0.3, 0.4) is 0 Å². The van der Waals surface area contributed by atoms with Gasteiger partial charge in [0, 0.05) is 17.0 Å². The summed E-state index contributed by atoms with van der Waals surface area (Å²) in [5.41, 5.74) is 1.09. The standard InChI is InChI=1S/C13H16ClN3S/c1-13(2,3)17-11(15-16-12(17)18)8-9-4-6-10(14)7-5-9/h4-7H,8H2,1-3H3,(H,16,18). The average molecular weight is 282 g/mol. The van der Waals surface area contributed by atoms with Crippen LogP contribution < -0.4 is 0 Å². The van der Waals surface area contributed by atoms with Crippen molar-refractivity contribution in [2.24, 2.45) is 0 Å². The van der Waals surface area contributed by atoms with Crippen molar-refractivity contribution < 1.29 is 0 Å². The van der Waals surface area contributed by atoms with Gasteiger partial charge >= 0.3 is 0 Å². The summed E-state index contributed by atoms with van der Waals surface area (Å²) >= 11 is 11.2. The second kappa shape index (κ2) is 4.86. The average Bonchev–Trinajstić information content (AvgIpc) is 2.63. The Hall–Kier alpha value is -1.13. The molecular formula is C13H16ClN3S. The zero-order valence-electron chi connectivity index (χ0n) is 10.7. The molecule has 0 fully saturated rings. The molecule has 1 aromatic carbocycles. The van der Waals surface area contributed by atoms with E-state index in [0.29, 0.717) is 4.77 Å². The Labute approximate surface area is 117 Å². The van der Waals surface area contributed by atoms with Gasteiger partial charge in [0.25, 0.3) is 0 Å². The number of H-pyrrole nitrogens is 1. The molecule has 2 rings (SSSR count). The summed E-state index contributed by atoms with van der Waals surface area (Å²) in [7, 11) is 0. The van der Waals surface area contributed by atoms with Crippen molar-refractivity contribution in [2.45, 2.75) is 32.7 Å². The van der Waals surface area contributed by atoms with Crippen molar-refractivity contribution in [3.63, 3.8) is 0 Å². The molecule has 0 saturated heterocycles. The third-order valence-electron chi connectivity index (χ3n) is 2.69. The number of benzene rings is 1. The first-order valence-corrected chi connectivity index (χ1v) is 6.58. The predicted molar refractivity (Wildman–Crippen MR) is 76.7 cm³/mol. The number of rotatable bonds is 2. The van der Waals surface area contributed by atoms with Crippen molar-refractivity contribution in [2.75, 3.05) is 0 Å². The van der Waals surface area contributed by atoms with Gasteiger partial charge in [0.15, 0.2) is 4.77 Å². The molecule has 2 aromatic rings. The molecule has 0 aliphatic carbocycles. The Morgan fingerprint density at radius 2 is 1.89 bits per heavy atom. The van der Waals surface area contributed by atoms with E-state index >= 15 is 0 Å². The van der Waals surface area contributed by atoms with Crippen molar-refractivity contribution in [1.82, 2.24) is 14.8 Å². The lowest BCUT2D eigenvalue weighted by Crippen LogP contribution is -2.24. The zero-order chi connectivity index (χ0) is 13.3. The summed E-state index contributed by atoms with van der Waals surface area (Å²) in [6.45, 7) is 6.34. The Morgan fingerprint density at radius 3 is 2.44 bits per heavy atom. The number of hydrogen-bond acceptors (Lipinski definition) is 2.